The van der Waals surface area contributed by atoms with Gasteiger partial charge in [-0.25, -0.2) is 9.97 Å². The zero-order valence-corrected chi connectivity index (χ0v) is 15.9. The number of guanidine groups is 1. The Bertz CT molecular complexity index is 752. The van der Waals surface area contributed by atoms with Gasteiger partial charge in [-0.15, -0.1) is 0 Å². The molecule has 0 radical (unpaired) electrons. The lowest BCUT2D eigenvalue weighted by molar-refractivity contribution is 0.658. The first-order chi connectivity index (χ1) is 12.7. The van der Waals surface area contributed by atoms with E-state index in [4.69, 9.17) is 5.41 Å². The molecule has 5 heteroatoms. The van der Waals surface area contributed by atoms with Gasteiger partial charge < -0.3 is 5.32 Å². The van der Waals surface area contributed by atoms with E-state index in [9.17, 15) is 0 Å². The molecule has 0 amide bonds. The van der Waals surface area contributed by atoms with Crippen LogP contribution in [0.25, 0.3) is 0 Å². The summed E-state index contributed by atoms with van der Waals surface area (Å²) in [5, 5.41) is 14.2. The molecular weight excluding hydrogens is 322 g/mol. The van der Waals surface area contributed by atoms with E-state index in [0.717, 1.165) is 30.7 Å². The van der Waals surface area contributed by atoms with Crippen LogP contribution in [0, 0.1) is 12.3 Å². The molecule has 1 heterocycles. The predicted molar refractivity (Wildman–Crippen MR) is 107 cm³/mol. The Morgan fingerprint density at radius 3 is 2.58 bits per heavy atom. The van der Waals surface area contributed by atoms with Gasteiger partial charge in [0.1, 0.15) is 0 Å². The fraction of sp³-hybridized carbons (Fsp3) is 0.476. The molecule has 5 nitrogen and oxygen atoms in total. The lowest BCUT2D eigenvalue weighted by Crippen LogP contribution is -2.30. The van der Waals surface area contributed by atoms with Gasteiger partial charge in [-0.2, -0.15) is 0 Å². The zero-order valence-electron chi connectivity index (χ0n) is 15.9. The number of nitrogens with one attached hydrogen (secondary N) is 3. The average Bonchev–Trinajstić information content (AvgIpc) is 2.65. The molecule has 26 heavy (non-hydrogen) atoms. The summed E-state index contributed by atoms with van der Waals surface area (Å²) in [5.41, 5.74) is 6.01. The third-order valence-electron chi connectivity index (χ3n) is 4.94. The van der Waals surface area contributed by atoms with E-state index in [1.54, 1.807) is 0 Å². The van der Waals surface area contributed by atoms with Crippen molar-refractivity contribution < 1.29 is 0 Å². The largest absolute Gasteiger partial charge is 0.352 e. The van der Waals surface area contributed by atoms with Crippen molar-refractivity contribution in [3.8, 4) is 0 Å². The van der Waals surface area contributed by atoms with Crippen molar-refractivity contribution in [2.75, 3.05) is 5.32 Å². The molecule has 0 bridgehead atoms. The topological polar surface area (TPSA) is 73.7 Å². The molecule has 3 N–H and O–H groups in total. The molecule has 2 aromatic rings. The van der Waals surface area contributed by atoms with Crippen molar-refractivity contribution in [2.45, 2.75) is 65.3 Å². The minimum Gasteiger partial charge on any atom is -0.352 e. The smallest absolute Gasteiger partial charge is 0.229 e. The van der Waals surface area contributed by atoms with Crippen molar-refractivity contribution in [3.63, 3.8) is 0 Å². The van der Waals surface area contributed by atoms with Gasteiger partial charge in [-0.05, 0) is 62.1 Å². The summed E-state index contributed by atoms with van der Waals surface area (Å²) in [4.78, 5) is 9.12. The van der Waals surface area contributed by atoms with Gasteiger partial charge in [0.15, 0.2) is 5.96 Å². The molecule has 0 saturated carbocycles. The van der Waals surface area contributed by atoms with Crippen LogP contribution in [-0.2, 0) is 25.8 Å². The maximum Gasteiger partial charge on any atom is 0.229 e. The Balaban J connectivity index is 1.53. The second kappa shape index (κ2) is 8.79. The first-order valence-corrected chi connectivity index (χ1v) is 9.69. The molecule has 0 spiro atoms. The molecule has 1 aliphatic carbocycles. The average molecular weight is 351 g/mol. The Morgan fingerprint density at radius 2 is 1.81 bits per heavy atom. The summed E-state index contributed by atoms with van der Waals surface area (Å²) in [6, 6.07) is 8.62. The fourth-order valence-corrected chi connectivity index (χ4v) is 3.39. The standard InChI is InChI=1S/C21H29N5/c1-3-4-7-16-10-12-17(13-11-16)14-23-20(22)26-21-24-15(2)18-8-5-6-9-19(18)25-21/h10-13H,3-9,14H2,1-2H3,(H3,22,23,24,25,26). The number of rotatable bonds is 6. The van der Waals surface area contributed by atoms with Crippen LogP contribution in [0.3, 0.4) is 0 Å². The quantitative estimate of drug-likeness (QED) is 0.540. The number of unbranched alkanes of at least 4 members (excludes halogenated alkanes) is 1. The Morgan fingerprint density at radius 1 is 1.08 bits per heavy atom. The molecular formula is C21H29N5. The van der Waals surface area contributed by atoms with E-state index in [1.807, 2.05) is 6.92 Å². The molecule has 1 aromatic carbocycles. The van der Waals surface area contributed by atoms with Gasteiger partial charge in [-0.3, -0.25) is 10.7 Å². The SMILES string of the molecule is CCCCc1ccc(CNC(=N)Nc2nc(C)c3c(n2)CCCC3)cc1. The first-order valence-electron chi connectivity index (χ1n) is 9.69. The molecule has 1 aromatic heterocycles. The minimum atomic E-state index is 0.232. The van der Waals surface area contributed by atoms with E-state index in [1.165, 1.54) is 42.4 Å². The van der Waals surface area contributed by atoms with Gasteiger partial charge in [-0.1, -0.05) is 37.6 Å². The van der Waals surface area contributed by atoms with Crippen LogP contribution < -0.4 is 10.6 Å². The van der Waals surface area contributed by atoms with Crippen LogP contribution in [0.5, 0.6) is 0 Å². The van der Waals surface area contributed by atoms with Crippen molar-refractivity contribution in [3.05, 3.63) is 52.3 Å². The van der Waals surface area contributed by atoms with Crippen molar-refractivity contribution in [2.24, 2.45) is 0 Å². The molecule has 1 aliphatic rings. The highest BCUT2D eigenvalue weighted by Gasteiger charge is 2.15. The summed E-state index contributed by atoms with van der Waals surface area (Å²) in [6.45, 7) is 4.86. The van der Waals surface area contributed by atoms with Crippen LogP contribution in [-0.4, -0.2) is 15.9 Å². The van der Waals surface area contributed by atoms with Gasteiger partial charge in [0.05, 0.1) is 0 Å². The zero-order chi connectivity index (χ0) is 18.4. The Hall–Kier alpha value is -2.43. The van der Waals surface area contributed by atoms with Crippen LogP contribution in [0.2, 0.25) is 0 Å². The van der Waals surface area contributed by atoms with Crippen LogP contribution in [0.15, 0.2) is 24.3 Å². The number of benzene rings is 1. The highest BCUT2D eigenvalue weighted by Crippen LogP contribution is 2.22. The summed E-state index contributed by atoms with van der Waals surface area (Å²) in [6.07, 6.45) is 8.08. The number of hydrogen-bond acceptors (Lipinski definition) is 3. The van der Waals surface area contributed by atoms with Crippen molar-refractivity contribution in [1.82, 2.24) is 15.3 Å². The molecule has 138 valence electrons. The van der Waals surface area contributed by atoms with E-state index in [-0.39, 0.29) is 5.96 Å². The lowest BCUT2D eigenvalue weighted by atomic mass is 9.95. The number of fused-ring (bicyclic) bond motifs is 1. The van der Waals surface area contributed by atoms with Crippen LogP contribution in [0.1, 0.15) is 60.7 Å². The third-order valence-corrected chi connectivity index (χ3v) is 4.94. The Kier molecular flexibility index (Phi) is 6.21. The monoisotopic (exact) mass is 351 g/mol. The van der Waals surface area contributed by atoms with Gasteiger partial charge in [0.2, 0.25) is 5.95 Å². The summed E-state index contributed by atoms with van der Waals surface area (Å²) < 4.78 is 0. The van der Waals surface area contributed by atoms with E-state index in [0.29, 0.717) is 12.5 Å². The van der Waals surface area contributed by atoms with Crippen molar-refractivity contribution in [1.29, 1.82) is 5.41 Å². The van der Waals surface area contributed by atoms with Gasteiger partial charge in [0, 0.05) is 17.9 Å². The van der Waals surface area contributed by atoms with E-state index in [2.05, 4.69) is 51.8 Å². The predicted octanol–water partition coefficient (Wildman–Crippen LogP) is 4.14. The molecule has 0 aliphatic heterocycles. The summed E-state index contributed by atoms with van der Waals surface area (Å²) >= 11 is 0. The highest BCUT2D eigenvalue weighted by atomic mass is 15.2. The number of anilines is 1. The maximum atomic E-state index is 8.12. The highest BCUT2D eigenvalue weighted by molar-refractivity contribution is 5.89. The molecule has 0 fully saturated rings. The normalized spacial score (nSPS) is 13.2. The molecule has 0 atom stereocenters. The summed E-state index contributed by atoms with van der Waals surface area (Å²) in [7, 11) is 0. The van der Waals surface area contributed by atoms with Gasteiger partial charge >= 0.3 is 0 Å². The fourth-order valence-electron chi connectivity index (χ4n) is 3.39. The van der Waals surface area contributed by atoms with E-state index >= 15 is 0 Å². The van der Waals surface area contributed by atoms with Crippen molar-refractivity contribution >= 4 is 11.9 Å². The van der Waals surface area contributed by atoms with Crippen LogP contribution >= 0.6 is 0 Å². The number of hydrogen-bond donors (Lipinski definition) is 3. The third kappa shape index (κ3) is 4.81. The second-order valence-electron chi connectivity index (χ2n) is 7.04. The molecule has 3 rings (SSSR count). The number of nitrogens with zero attached hydrogens (tertiary/aromatic N) is 2. The minimum absolute atomic E-state index is 0.232. The van der Waals surface area contributed by atoms with Gasteiger partial charge in [0.25, 0.3) is 0 Å². The molecule has 0 saturated heterocycles. The van der Waals surface area contributed by atoms with E-state index < -0.39 is 0 Å². The second-order valence-corrected chi connectivity index (χ2v) is 7.04. The lowest BCUT2D eigenvalue weighted by Gasteiger charge is -2.18. The number of aromatic nitrogens is 2. The number of aryl methyl sites for hydroxylation is 3. The summed E-state index contributed by atoms with van der Waals surface area (Å²) in [5.74, 6) is 0.755. The first kappa shape index (κ1) is 18.4. The van der Waals surface area contributed by atoms with Crippen LogP contribution in [0.4, 0.5) is 5.95 Å². The molecule has 0 unspecified atom stereocenters. The Labute approximate surface area is 156 Å². The maximum absolute atomic E-state index is 8.12.